The molecule has 1 amide bonds. The predicted molar refractivity (Wildman–Crippen MR) is 83.3 cm³/mol. The van der Waals surface area contributed by atoms with Crippen LogP contribution in [0.1, 0.15) is 19.3 Å². The second-order valence-electron chi connectivity index (χ2n) is 4.47. The SMILES string of the molecule is NNC(=O)CCCCOc1ccc2ccccc2c1Br. The molecule has 20 heavy (non-hydrogen) atoms. The van der Waals surface area contributed by atoms with Crippen LogP contribution in [0.2, 0.25) is 0 Å². The number of carbonyl (C=O) groups excluding carboxylic acids is 1. The summed E-state index contributed by atoms with van der Waals surface area (Å²) in [6.07, 6.45) is 2.00. The highest BCUT2D eigenvalue weighted by Crippen LogP contribution is 2.33. The van der Waals surface area contributed by atoms with E-state index < -0.39 is 0 Å². The fourth-order valence-corrected chi connectivity index (χ4v) is 2.57. The Bertz CT molecular complexity index is 601. The van der Waals surface area contributed by atoms with E-state index >= 15 is 0 Å². The first-order valence-electron chi connectivity index (χ1n) is 6.52. The van der Waals surface area contributed by atoms with E-state index in [9.17, 15) is 4.79 Å². The molecule has 2 rings (SSSR count). The molecule has 0 saturated heterocycles. The van der Waals surface area contributed by atoms with Crippen LogP contribution in [-0.2, 0) is 4.79 Å². The molecule has 5 heteroatoms. The number of fused-ring (bicyclic) bond motifs is 1. The summed E-state index contributed by atoms with van der Waals surface area (Å²) in [5, 5.41) is 2.30. The van der Waals surface area contributed by atoms with Gasteiger partial charge in [0.25, 0.3) is 0 Å². The molecule has 0 bridgehead atoms. The number of rotatable bonds is 6. The quantitative estimate of drug-likeness (QED) is 0.368. The summed E-state index contributed by atoms with van der Waals surface area (Å²) in [7, 11) is 0. The number of hydrazine groups is 1. The minimum Gasteiger partial charge on any atom is -0.492 e. The molecule has 0 heterocycles. The Morgan fingerprint density at radius 2 is 2.00 bits per heavy atom. The summed E-state index contributed by atoms with van der Waals surface area (Å²) in [5.41, 5.74) is 2.12. The van der Waals surface area contributed by atoms with Gasteiger partial charge in [0.15, 0.2) is 0 Å². The number of halogens is 1. The smallest absolute Gasteiger partial charge is 0.233 e. The van der Waals surface area contributed by atoms with Gasteiger partial charge in [-0.25, -0.2) is 5.84 Å². The lowest BCUT2D eigenvalue weighted by molar-refractivity contribution is -0.121. The Balaban J connectivity index is 1.90. The van der Waals surface area contributed by atoms with Crippen molar-refractivity contribution < 1.29 is 9.53 Å². The second kappa shape index (κ2) is 7.26. The molecule has 0 aliphatic rings. The highest BCUT2D eigenvalue weighted by atomic mass is 79.9. The fourth-order valence-electron chi connectivity index (χ4n) is 1.97. The molecule has 0 radical (unpaired) electrons. The standard InChI is InChI=1S/C15H17BrN2O2/c16-15-12-6-2-1-5-11(12)8-9-13(15)20-10-4-3-7-14(19)18-17/h1-2,5-6,8-9H,3-4,7,10,17H2,(H,18,19). The van der Waals surface area contributed by atoms with Gasteiger partial charge in [-0.05, 0) is 45.6 Å². The second-order valence-corrected chi connectivity index (χ2v) is 5.26. The van der Waals surface area contributed by atoms with Gasteiger partial charge in [-0.3, -0.25) is 10.2 Å². The maximum Gasteiger partial charge on any atom is 0.233 e. The minimum atomic E-state index is -0.142. The van der Waals surface area contributed by atoms with Gasteiger partial charge in [-0.15, -0.1) is 0 Å². The number of carbonyl (C=O) groups is 1. The summed E-state index contributed by atoms with van der Waals surface area (Å²) < 4.78 is 6.72. The molecule has 0 saturated carbocycles. The van der Waals surface area contributed by atoms with Crippen molar-refractivity contribution in [3.63, 3.8) is 0 Å². The number of nitrogens with one attached hydrogen (secondary N) is 1. The Labute approximate surface area is 126 Å². The molecule has 0 fully saturated rings. The summed E-state index contributed by atoms with van der Waals surface area (Å²) in [4.78, 5) is 11.0. The van der Waals surface area contributed by atoms with Gasteiger partial charge in [0.2, 0.25) is 5.91 Å². The van der Waals surface area contributed by atoms with E-state index in [1.54, 1.807) is 0 Å². The monoisotopic (exact) mass is 336 g/mol. The first-order valence-corrected chi connectivity index (χ1v) is 7.31. The summed E-state index contributed by atoms with van der Waals surface area (Å²) in [5.74, 6) is 5.70. The van der Waals surface area contributed by atoms with Gasteiger partial charge in [0.05, 0.1) is 11.1 Å². The van der Waals surface area contributed by atoms with Crippen molar-refractivity contribution in [3.05, 3.63) is 40.9 Å². The Hall–Kier alpha value is -1.59. The van der Waals surface area contributed by atoms with Gasteiger partial charge in [-0.2, -0.15) is 0 Å². The highest BCUT2D eigenvalue weighted by Gasteiger charge is 2.06. The first-order chi connectivity index (χ1) is 9.72. The molecule has 0 atom stereocenters. The average molecular weight is 337 g/mol. The zero-order valence-corrected chi connectivity index (χ0v) is 12.7. The fraction of sp³-hybridized carbons (Fsp3) is 0.267. The zero-order chi connectivity index (χ0) is 14.4. The molecular weight excluding hydrogens is 320 g/mol. The predicted octanol–water partition coefficient (Wildman–Crippen LogP) is 3.14. The summed E-state index contributed by atoms with van der Waals surface area (Å²) in [6.45, 7) is 0.578. The van der Waals surface area contributed by atoms with Crippen LogP contribution in [0, 0.1) is 0 Å². The lowest BCUT2D eigenvalue weighted by Crippen LogP contribution is -2.29. The molecule has 106 valence electrons. The molecule has 0 aliphatic heterocycles. The third-order valence-corrected chi connectivity index (χ3v) is 3.86. The van der Waals surface area contributed by atoms with Crippen molar-refractivity contribution in [2.75, 3.05) is 6.61 Å². The highest BCUT2D eigenvalue weighted by molar-refractivity contribution is 9.10. The number of hydrogen-bond donors (Lipinski definition) is 2. The van der Waals surface area contributed by atoms with Crippen LogP contribution in [0.4, 0.5) is 0 Å². The third-order valence-electron chi connectivity index (χ3n) is 3.04. The molecule has 0 spiro atoms. The Morgan fingerprint density at radius 1 is 1.20 bits per heavy atom. The molecule has 2 aromatic rings. The summed E-state index contributed by atoms with van der Waals surface area (Å²) in [6, 6.07) is 12.1. The molecule has 0 aromatic heterocycles. The number of amides is 1. The van der Waals surface area contributed by atoms with Crippen molar-refractivity contribution in [2.45, 2.75) is 19.3 Å². The Kier molecular flexibility index (Phi) is 5.38. The van der Waals surface area contributed by atoms with E-state index in [2.05, 4.69) is 33.5 Å². The molecular formula is C15H17BrN2O2. The topological polar surface area (TPSA) is 64.3 Å². The molecule has 4 nitrogen and oxygen atoms in total. The van der Waals surface area contributed by atoms with E-state index in [0.717, 1.165) is 28.5 Å². The van der Waals surface area contributed by atoms with Gasteiger partial charge in [-0.1, -0.05) is 30.3 Å². The van der Waals surface area contributed by atoms with Crippen molar-refractivity contribution in [1.82, 2.24) is 5.43 Å². The summed E-state index contributed by atoms with van der Waals surface area (Å²) >= 11 is 3.58. The zero-order valence-electron chi connectivity index (χ0n) is 11.1. The van der Waals surface area contributed by atoms with Crippen LogP contribution in [-0.4, -0.2) is 12.5 Å². The van der Waals surface area contributed by atoms with Crippen LogP contribution in [0.15, 0.2) is 40.9 Å². The number of nitrogens with two attached hydrogens (primary N) is 1. The number of unbranched alkanes of at least 4 members (excludes halogenated alkanes) is 1. The number of benzene rings is 2. The van der Waals surface area contributed by atoms with Gasteiger partial charge in [0, 0.05) is 6.42 Å². The minimum absolute atomic E-state index is 0.142. The van der Waals surface area contributed by atoms with Crippen molar-refractivity contribution >= 4 is 32.6 Å². The normalized spacial score (nSPS) is 10.5. The van der Waals surface area contributed by atoms with Crippen LogP contribution < -0.4 is 16.0 Å². The molecule has 0 unspecified atom stereocenters. The number of hydrogen-bond acceptors (Lipinski definition) is 3. The van der Waals surface area contributed by atoms with Crippen LogP contribution >= 0.6 is 15.9 Å². The van der Waals surface area contributed by atoms with Crippen LogP contribution in [0.5, 0.6) is 5.75 Å². The van der Waals surface area contributed by atoms with Crippen LogP contribution in [0.25, 0.3) is 10.8 Å². The maximum absolute atomic E-state index is 11.0. The van der Waals surface area contributed by atoms with E-state index in [1.165, 1.54) is 5.39 Å². The van der Waals surface area contributed by atoms with E-state index in [-0.39, 0.29) is 5.91 Å². The van der Waals surface area contributed by atoms with Gasteiger partial charge >= 0.3 is 0 Å². The molecule has 2 aromatic carbocycles. The maximum atomic E-state index is 11.0. The average Bonchev–Trinajstić information content (AvgIpc) is 2.49. The lowest BCUT2D eigenvalue weighted by Gasteiger charge is -2.10. The largest absolute Gasteiger partial charge is 0.492 e. The van der Waals surface area contributed by atoms with Crippen molar-refractivity contribution in [1.29, 1.82) is 0 Å². The Morgan fingerprint density at radius 3 is 2.80 bits per heavy atom. The third kappa shape index (κ3) is 3.71. The molecule has 0 aliphatic carbocycles. The van der Waals surface area contributed by atoms with E-state index in [4.69, 9.17) is 10.6 Å². The molecule has 3 N–H and O–H groups in total. The van der Waals surface area contributed by atoms with Crippen molar-refractivity contribution in [2.24, 2.45) is 5.84 Å². The first kappa shape index (κ1) is 14.8. The van der Waals surface area contributed by atoms with E-state index in [1.807, 2.05) is 24.3 Å². The van der Waals surface area contributed by atoms with Crippen LogP contribution in [0.3, 0.4) is 0 Å². The number of ether oxygens (including phenoxy) is 1. The van der Waals surface area contributed by atoms with Crippen molar-refractivity contribution in [3.8, 4) is 5.75 Å². The van der Waals surface area contributed by atoms with E-state index in [0.29, 0.717) is 13.0 Å². The van der Waals surface area contributed by atoms with Gasteiger partial charge in [0.1, 0.15) is 5.75 Å². The lowest BCUT2D eigenvalue weighted by atomic mass is 10.1. The van der Waals surface area contributed by atoms with Gasteiger partial charge < -0.3 is 4.74 Å².